The molecule has 2 fully saturated rings. The summed E-state index contributed by atoms with van der Waals surface area (Å²) in [6.45, 7) is 3.89. The smallest absolute Gasteiger partial charge is 0.0106 e. The third-order valence-electron chi connectivity index (χ3n) is 4.26. The molecule has 3 atom stereocenters. The zero-order valence-corrected chi connectivity index (χ0v) is 11.6. The first-order valence-corrected chi connectivity index (χ1v) is 8.03. The molecule has 2 nitrogen and oxygen atoms in total. The van der Waals surface area contributed by atoms with Crippen molar-refractivity contribution in [3.63, 3.8) is 0 Å². The molecule has 16 heavy (non-hydrogen) atoms. The highest BCUT2D eigenvalue weighted by Gasteiger charge is 2.31. The van der Waals surface area contributed by atoms with Crippen molar-refractivity contribution in [1.82, 2.24) is 10.2 Å². The van der Waals surface area contributed by atoms with E-state index < -0.39 is 0 Å². The predicted octanol–water partition coefficient (Wildman–Crippen LogP) is 2.20. The first-order chi connectivity index (χ1) is 7.83. The minimum Gasteiger partial charge on any atom is -0.319 e. The number of nitrogens with zero attached hydrogens (tertiary/aromatic N) is 1. The van der Waals surface area contributed by atoms with Crippen molar-refractivity contribution in [3.8, 4) is 0 Å². The number of likely N-dealkylation sites (tertiary alicyclic amines) is 1. The quantitative estimate of drug-likeness (QED) is 0.814. The summed E-state index contributed by atoms with van der Waals surface area (Å²) in [4.78, 5) is 2.77. The second-order valence-corrected chi connectivity index (χ2v) is 6.52. The Hall–Kier alpha value is 0.270. The first kappa shape index (κ1) is 12.7. The van der Waals surface area contributed by atoms with Crippen LogP contribution in [-0.2, 0) is 0 Å². The number of rotatable bonds is 4. The molecule has 0 aromatic rings. The molecule has 2 aliphatic rings. The summed E-state index contributed by atoms with van der Waals surface area (Å²) in [5, 5.41) is 4.25. The molecule has 0 spiro atoms. The van der Waals surface area contributed by atoms with Crippen molar-refractivity contribution in [2.75, 3.05) is 32.9 Å². The molecule has 0 aromatic heterocycles. The van der Waals surface area contributed by atoms with E-state index in [1.54, 1.807) is 0 Å². The molecule has 94 valence electrons. The van der Waals surface area contributed by atoms with Gasteiger partial charge in [-0.2, -0.15) is 11.8 Å². The van der Waals surface area contributed by atoms with Crippen molar-refractivity contribution in [2.45, 2.75) is 43.4 Å². The van der Waals surface area contributed by atoms with Crippen LogP contribution < -0.4 is 5.32 Å². The van der Waals surface area contributed by atoms with Gasteiger partial charge < -0.3 is 10.2 Å². The Morgan fingerprint density at radius 1 is 1.31 bits per heavy atom. The summed E-state index contributed by atoms with van der Waals surface area (Å²) in [6, 6.07) is 0.896. The van der Waals surface area contributed by atoms with Crippen LogP contribution in [0, 0.1) is 5.92 Å². The van der Waals surface area contributed by atoms with E-state index >= 15 is 0 Å². The average Bonchev–Trinajstić information content (AvgIpc) is 2.78. The molecule has 1 saturated carbocycles. The van der Waals surface area contributed by atoms with Crippen LogP contribution in [0.15, 0.2) is 0 Å². The van der Waals surface area contributed by atoms with Gasteiger partial charge in [-0.15, -0.1) is 0 Å². The molecule has 3 unspecified atom stereocenters. The van der Waals surface area contributed by atoms with E-state index in [9.17, 15) is 0 Å². The Kier molecular flexibility index (Phi) is 4.98. The monoisotopic (exact) mass is 242 g/mol. The molecule has 0 aromatic carbocycles. The van der Waals surface area contributed by atoms with Crippen LogP contribution in [0.5, 0.6) is 0 Å². The highest BCUT2D eigenvalue weighted by Crippen LogP contribution is 2.32. The largest absolute Gasteiger partial charge is 0.319 e. The van der Waals surface area contributed by atoms with Crippen LogP contribution in [0.3, 0.4) is 0 Å². The van der Waals surface area contributed by atoms with Crippen LogP contribution in [0.1, 0.15) is 32.1 Å². The Balaban J connectivity index is 1.79. The first-order valence-electron chi connectivity index (χ1n) is 6.75. The van der Waals surface area contributed by atoms with Crippen LogP contribution in [0.4, 0.5) is 0 Å². The van der Waals surface area contributed by atoms with Crippen LogP contribution in [0.2, 0.25) is 0 Å². The van der Waals surface area contributed by atoms with Gasteiger partial charge >= 0.3 is 0 Å². The summed E-state index contributed by atoms with van der Waals surface area (Å²) in [7, 11) is 2.08. The van der Waals surface area contributed by atoms with Gasteiger partial charge in [-0.05, 0) is 58.0 Å². The molecule has 0 amide bonds. The fraction of sp³-hybridized carbons (Fsp3) is 1.00. The summed E-state index contributed by atoms with van der Waals surface area (Å²) in [5.41, 5.74) is 0. The molecule has 0 bridgehead atoms. The second kappa shape index (κ2) is 6.27. The van der Waals surface area contributed by atoms with Gasteiger partial charge in [-0.3, -0.25) is 0 Å². The molecule has 1 saturated heterocycles. The summed E-state index contributed by atoms with van der Waals surface area (Å²) >= 11 is 2.08. The van der Waals surface area contributed by atoms with Gasteiger partial charge in [0.25, 0.3) is 0 Å². The van der Waals surface area contributed by atoms with Crippen LogP contribution >= 0.6 is 11.8 Å². The summed E-state index contributed by atoms with van der Waals surface area (Å²) < 4.78 is 0. The Morgan fingerprint density at radius 3 is 2.94 bits per heavy atom. The standard InChI is InChI=1S/C13H26N2S/c1-14-9-11-6-7-15(10-11)12-4-3-5-13(8-12)16-2/h11-14H,3-10H2,1-2H3. The van der Waals surface area contributed by atoms with Gasteiger partial charge in [0.1, 0.15) is 0 Å². The lowest BCUT2D eigenvalue weighted by atomic mass is 9.94. The van der Waals surface area contributed by atoms with E-state index in [2.05, 4.69) is 35.3 Å². The molecule has 1 N–H and O–H groups in total. The Labute approximate surface area is 105 Å². The maximum Gasteiger partial charge on any atom is 0.0106 e. The molecular formula is C13H26N2S. The number of hydrogen-bond acceptors (Lipinski definition) is 3. The highest BCUT2D eigenvalue weighted by molar-refractivity contribution is 7.99. The normalized spacial score (nSPS) is 36.8. The molecule has 1 aliphatic carbocycles. The molecule has 1 aliphatic heterocycles. The van der Waals surface area contributed by atoms with Gasteiger partial charge in [-0.25, -0.2) is 0 Å². The molecular weight excluding hydrogens is 216 g/mol. The molecule has 3 heteroatoms. The van der Waals surface area contributed by atoms with Crippen LogP contribution in [-0.4, -0.2) is 49.1 Å². The van der Waals surface area contributed by atoms with E-state index in [4.69, 9.17) is 0 Å². The zero-order chi connectivity index (χ0) is 11.4. The van der Waals surface area contributed by atoms with E-state index in [1.165, 1.54) is 51.7 Å². The third-order valence-corrected chi connectivity index (χ3v) is 5.35. The predicted molar refractivity (Wildman–Crippen MR) is 73.2 cm³/mol. The second-order valence-electron chi connectivity index (χ2n) is 5.39. The van der Waals surface area contributed by atoms with E-state index in [0.29, 0.717) is 0 Å². The minimum absolute atomic E-state index is 0.896. The van der Waals surface area contributed by atoms with Crippen molar-refractivity contribution in [2.24, 2.45) is 5.92 Å². The fourth-order valence-electron chi connectivity index (χ4n) is 3.32. The lowest BCUT2D eigenvalue weighted by Crippen LogP contribution is -2.38. The Morgan fingerprint density at radius 2 is 2.19 bits per heavy atom. The van der Waals surface area contributed by atoms with Gasteiger partial charge in [0.15, 0.2) is 0 Å². The number of hydrogen-bond donors (Lipinski definition) is 1. The maximum atomic E-state index is 3.32. The van der Waals surface area contributed by atoms with E-state index in [0.717, 1.165) is 17.2 Å². The van der Waals surface area contributed by atoms with Gasteiger partial charge in [-0.1, -0.05) is 6.42 Å². The van der Waals surface area contributed by atoms with Gasteiger partial charge in [0, 0.05) is 17.8 Å². The van der Waals surface area contributed by atoms with E-state index in [1.807, 2.05) is 0 Å². The van der Waals surface area contributed by atoms with Crippen molar-refractivity contribution >= 4 is 11.8 Å². The van der Waals surface area contributed by atoms with Gasteiger partial charge in [0.05, 0.1) is 0 Å². The van der Waals surface area contributed by atoms with Gasteiger partial charge in [0.2, 0.25) is 0 Å². The number of thioether (sulfide) groups is 1. The molecule has 2 rings (SSSR count). The van der Waals surface area contributed by atoms with Crippen molar-refractivity contribution in [3.05, 3.63) is 0 Å². The van der Waals surface area contributed by atoms with Crippen molar-refractivity contribution < 1.29 is 0 Å². The number of nitrogens with one attached hydrogen (secondary N) is 1. The Bertz CT molecular complexity index is 210. The summed E-state index contributed by atoms with van der Waals surface area (Å²) in [6.07, 6.45) is 9.47. The minimum atomic E-state index is 0.896. The van der Waals surface area contributed by atoms with Crippen LogP contribution in [0.25, 0.3) is 0 Å². The molecule has 0 radical (unpaired) electrons. The van der Waals surface area contributed by atoms with Crippen molar-refractivity contribution in [1.29, 1.82) is 0 Å². The average molecular weight is 242 g/mol. The van der Waals surface area contributed by atoms with E-state index in [-0.39, 0.29) is 0 Å². The highest BCUT2D eigenvalue weighted by atomic mass is 32.2. The summed E-state index contributed by atoms with van der Waals surface area (Å²) in [5.74, 6) is 0.902. The fourth-order valence-corrected chi connectivity index (χ4v) is 4.13. The maximum absolute atomic E-state index is 3.32. The molecule has 1 heterocycles. The lowest BCUT2D eigenvalue weighted by molar-refractivity contribution is 0.188. The zero-order valence-electron chi connectivity index (χ0n) is 10.7. The lowest BCUT2D eigenvalue weighted by Gasteiger charge is -2.34. The SMILES string of the molecule is CNCC1CCN(C2CCCC(SC)C2)C1. The third kappa shape index (κ3) is 3.14. The topological polar surface area (TPSA) is 15.3 Å².